The van der Waals surface area contributed by atoms with Crippen molar-refractivity contribution in [2.75, 3.05) is 13.7 Å². The first-order valence-electron chi connectivity index (χ1n) is 9.53. The molecule has 3 rings (SSSR count). The Morgan fingerprint density at radius 3 is 2.67 bits per heavy atom. The average Bonchev–Trinajstić information content (AvgIpc) is 3.20. The van der Waals surface area contributed by atoms with Gasteiger partial charge in [0.1, 0.15) is 5.75 Å². The van der Waals surface area contributed by atoms with Crippen molar-refractivity contribution in [2.45, 2.75) is 26.3 Å². The van der Waals surface area contributed by atoms with E-state index in [-0.39, 0.29) is 18.3 Å². The van der Waals surface area contributed by atoms with E-state index in [0.29, 0.717) is 12.1 Å². The smallest absolute Gasteiger partial charge is 0.332 e. The third kappa shape index (κ3) is 4.65. The van der Waals surface area contributed by atoms with Crippen LogP contribution in [0.1, 0.15) is 37.4 Å². The van der Waals surface area contributed by atoms with Crippen molar-refractivity contribution in [3.63, 3.8) is 0 Å². The summed E-state index contributed by atoms with van der Waals surface area (Å²) >= 11 is 0. The fraction of sp³-hybridized carbons (Fsp3) is 0.273. The number of ether oxygens (including phenoxy) is 2. The van der Waals surface area contributed by atoms with Crippen molar-refractivity contribution < 1.29 is 19.2 Å². The molecular weight excluding hydrogens is 386 g/mol. The van der Waals surface area contributed by atoms with Crippen molar-refractivity contribution in [1.29, 1.82) is 0 Å². The number of rotatable bonds is 7. The molecule has 2 aromatic rings. The zero-order valence-corrected chi connectivity index (χ0v) is 17.1. The van der Waals surface area contributed by atoms with Crippen molar-refractivity contribution in [1.82, 2.24) is 5.01 Å². The van der Waals surface area contributed by atoms with E-state index >= 15 is 0 Å². The van der Waals surface area contributed by atoms with E-state index in [1.54, 1.807) is 38.1 Å². The maximum Gasteiger partial charge on any atom is 0.332 e. The molecule has 0 fully saturated rings. The van der Waals surface area contributed by atoms with Crippen molar-refractivity contribution in [3.05, 3.63) is 81.5 Å². The first-order chi connectivity index (χ1) is 14.4. The molecule has 2 aromatic carbocycles. The van der Waals surface area contributed by atoms with Gasteiger partial charge < -0.3 is 9.47 Å². The highest BCUT2D eigenvalue weighted by molar-refractivity contribution is 6.02. The van der Waals surface area contributed by atoms with E-state index in [4.69, 9.17) is 14.6 Å². The van der Waals surface area contributed by atoms with Gasteiger partial charge in [0.05, 0.1) is 30.4 Å². The minimum atomic E-state index is -0.458. The Hall–Kier alpha value is -3.68. The number of hydrazone groups is 1. The monoisotopic (exact) mass is 409 g/mol. The zero-order chi connectivity index (χ0) is 21.7. The van der Waals surface area contributed by atoms with E-state index < -0.39 is 10.9 Å². The van der Waals surface area contributed by atoms with E-state index in [1.165, 1.54) is 12.1 Å². The largest absolute Gasteiger partial charge is 0.497 e. The summed E-state index contributed by atoms with van der Waals surface area (Å²) < 4.78 is 10.2. The second-order valence-electron chi connectivity index (χ2n) is 6.73. The quantitative estimate of drug-likeness (QED) is 0.294. The van der Waals surface area contributed by atoms with Gasteiger partial charge in [0, 0.05) is 30.3 Å². The van der Waals surface area contributed by atoms with Crippen molar-refractivity contribution in [2.24, 2.45) is 5.10 Å². The van der Waals surface area contributed by atoms with Gasteiger partial charge in [-0.2, -0.15) is 5.10 Å². The number of allylic oxidation sites excluding steroid dienone is 1. The van der Waals surface area contributed by atoms with Crippen LogP contribution in [0.25, 0.3) is 0 Å². The normalized spacial score (nSPS) is 16.2. The van der Waals surface area contributed by atoms with Gasteiger partial charge in [-0.3, -0.25) is 15.1 Å². The Morgan fingerprint density at radius 2 is 2.03 bits per heavy atom. The molecule has 0 amide bonds. The van der Waals surface area contributed by atoms with Crippen LogP contribution in [0.2, 0.25) is 0 Å². The van der Waals surface area contributed by atoms with Crippen LogP contribution in [0, 0.1) is 10.1 Å². The van der Waals surface area contributed by atoms with Crippen LogP contribution in [0.15, 0.2) is 65.4 Å². The molecule has 0 spiro atoms. The lowest BCUT2D eigenvalue weighted by atomic mass is 9.98. The lowest BCUT2D eigenvalue weighted by molar-refractivity contribution is -0.384. The Kier molecular flexibility index (Phi) is 6.46. The second kappa shape index (κ2) is 9.21. The maximum absolute atomic E-state index is 11.9. The number of nitrogens with zero attached hydrogens (tertiary/aromatic N) is 3. The number of hydrogen-bond donors (Lipinski definition) is 0. The Bertz CT molecular complexity index is 998. The van der Waals surface area contributed by atoms with Crippen LogP contribution in [0.3, 0.4) is 0 Å². The number of carbonyl (C=O) groups is 1. The lowest BCUT2D eigenvalue weighted by Crippen LogP contribution is -2.19. The molecule has 0 saturated carbocycles. The average molecular weight is 409 g/mol. The van der Waals surface area contributed by atoms with Gasteiger partial charge in [-0.15, -0.1) is 0 Å². The Morgan fingerprint density at radius 1 is 1.30 bits per heavy atom. The van der Waals surface area contributed by atoms with Gasteiger partial charge in [0.2, 0.25) is 0 Å². The molecule has 0 N–H and O–H groups in total. The maximum atomic E-state index is 11.9. The molecule has 1 atom stereocenters. The summed E-state index contributed by atoms with van der Waals surface area (Å²) in [4.78, 5) is 22.7. The molecule has 0 saturated heterocycles. The zero-order valence-electron chi connectivity index (χ0n) is 17.1. The third-order valence-electron chi connectivity index (χ3n) is 4.77. The molecule has 1 aliphatic rings. The molecule has 0 radical (unpaired) electrons. The van der Waals surface area contributed by atoms with Gasteiger partial charge in [-0.25, -0.2) is 4.79 Å². The Balaban J connectivity index is 1.98. The molecule has 156 valence electrons. The van der Waals surface area contributed by atoms with Crippen LogP contribution in [-0.2, 0) is 9.53 Å². The van der Waals surface area contributed by atoms with Crippen LogP contribution >= 0.6 is 0 Å². The molecule has 1 heterocycles. The van der Waals surface area contributed by atoms with Crippen LogP contribution < -0.4 is 4.74 Å². The summed E-state index contributed by atoms with van der Waals surface area (Å²) in [5.74, 6) is 0.281. The number of nitro groups is 1. The van der Waals surface area contributed by atoms with Gasteiger partial charge in [0.25, 0.3) is 5.69 Å². The standard InChI is InChI=1S/C22H23N3O5/c1-4-30-22(26)12-15(2)24-21(17-6-5-7-18(13-17)25(27)28)14-20(23-24)16-8-10-19(29-3)11-9-16/h5-13,21H,4,14H2,1-3H3/b15-12-. The summed E-state index contributed by atoms with van der Waals surface area (Å²) in [6, 6.07) is 13.7. The van der Waals surface area contributed by atoms with E-state index in [1.807, 2.05) is 30.3 Å². The highest BCUT2D eigenvalue weighted by atomic mass is 16.6. The minimum absolute atomic E-state index is 0.0115. The molecule has 8 nitrogen and oxygen atoms in total. The van der Waals surface area contributed by atoms with Crippen LogP contribution in [0.4, 0.5) is 5.69 Å². The summed E-state index contributed by atoms with van der Waals surface area (Å²) in [5, 5.41) is 17.7. The highest BCUT2D eigenvalue weighted by Gasteiger charge is 2.31. The SMILES string of the molecule is CCOC(=O)/C=C(/C)N1N=C(c2ccc(OC)cc2)CC1c1cccc([N+](=O)[O-])c1. The lowest BCUT2D eigenvalue weighted by Gasteiger charge is -2.24. The number of benzene rings is 2. The van der Waals surface area contributed by atoms with E-state index in [2.05, 4.69) is 0 Å². The molecule has 1 aliphatic heterocycles. The fourth-order valence-corrected chi connectivity index (χ4v) is 3.32. The van der Waals surface area contributed by atoms with Gasteiger partial charge >= 0.3 is 5.97 Å². The number of non-ortho nitro benzene ring substituents is 1. The number of hydrogen-bond acceptors (Lipinski definition) is 7. The topological polar surface area (TPSA) is 94.3 Å². The fourth-order valence-electron chi connectivity index (χ4n) is 3.32. The minimum Gasteiger partial charge on any atom is -0.497 e. The highest BCUT2D eigenvalue weighted by Crippen LogP contribution is 2.36. The first kappa shape index (κ1) is 21.0. The van der Waals surface area contributed by atoms with Crippen molar-refractivity contribution in [3.8, 4) is 5.75 Å². The summed E-state index contributed by atoms with van der Waals surface area (Å²) in [6.07, 6.45) is 1.91. The number of esters is 1. The van der Waals surface area contributed by atoms with Gasteiger partial charge in [-0.05, 0) is 49.2 Å². The number of carbonyl (C=O) groups excluding carboxylic acids is 1. The molecule has 1 unspecified atom stereocenters. The predicted molar refractivity (Wildman–Crippen MR) is 112 cm³/mol. The first-order valence-corrected chi connectivity index (χ1v) is 9.53. The van der Waals surface area contributed by atoms with Crippen molar-refractivity contribution >= 4 is 17.4 Å². The molecule has 0 aliphatic carbocycles. The Labute approximate surface area is 174 Å². The third-order valence-corrected chi connectivity index (χ3v) is 4.77. The summed E-state index contributed by atoms with van der Waals surface area (Å²) in [6.45, 7) is 3.78. The second-order valence-corrected chi connectivity index (χ2v) is 6.73. The van der Waals surface area contributed by atoms with Gasteiger partial charge in [-0.1, -0.05) is 12.1 Å². The predicted octanol–water partition coefficient (Wildman–Crippen LogP) is 4.22. The molecule has 30 heavy (non-hydrogen) atoms. The van der Waals surface area contributed by atoms with E-state index in [0.717, 1.165) is 22.6 Å². The molecule has 8 heteroatoms. The molecule has 0 bridgehead atoms. The number of nitro benzene ring substituents is 1. The van der Waals surface area contributed by atoms with E-state index in [9.17, 15) is 14.9 Å². The summed E-state index contributed by atoms with van der Waals surface area (Å²) in [7, 11) is 1.60. The van der Waals surface area contributed by atoms with Crippen LogP contribution in [-0.4, -0.2) is 35.3 Å². The number of methoxy groups -OCH3 is 1. The molecule has 0 aromatic heterocycles. The molecular formula is C22H23N3O5. The van der Waals surface area contributed by atoms with Crippen LogP contribution in [0.5, 0.6) is 5.75 Å². The van der Waals surface area contributed by atoms with Gasteiger partial charge in [0.15, 0.2) is 0 Å². The summed E-state index contributed by atoms with van der Waals surface area (Å²) in [5.41, 5.74) is 3.07.